The minimum atomic E-state index is 0.581. The van der Waals surface area contributed by atoms with Gasteiger partial charge in [0.25, 0.3) is 0 Å². The van der Waals surface area contributed by atoms with Crippen LogP contribution in [0.2, 0.25) is 0 Å². The minimum Gasteiger partial charge on any atom is -0.456 e. The highest BCUT2D eigenvalue weighted by atomic mass is 32.1. The average molecular weight is 774 g/mol. The molecule has 0 saturated heterocycles. The maximum absolute atomic E-state index is 6.30. The lowest BCUT2D eigenvalue weighted by atomic mass is 10.0. The minimum absolute atomic E-state index is 0.581. The van der Waals surface area contributed by atoms with Crippen molar-refractivity contribution < 1.29 is 4.42 Å². The fourth-order valence-corrected chi connectivity index (χ4v) is 9.25. The van der Waals surface area contributed by atoms with Gasteiger partial charge in [0.1, 0.15) is 16.2 Å². The Morgan fingerprint density at radius 2 is 1.00 bits per heavy atom. The molecular weight excluding hydrogens is 743 g/mol. The molecule has 0 radical (unpaired) electrons. The number of aromatic nitrogens is 5. The summed E-state index contributed by atoms with van der Waals surface area (Å²) in [6, 6.07) is 65.2. The summed E-state index contributed by atoms with van der Waals surface area (Å²) >= 11 is 1.69. The van der Waals surface area contributed by atoms with Crippen LogP contribution in [0.25, 0.3) is 116 Å². The molecule has 12 rings (SSSR count). The molecule has 0 N–H and O–H groups in total. The molecule has 0 aliphatic rings. The molecule has 276 valence electrons. The van der Waals surface area contributed by atoms with Crippen LogP contribution in [0.3, 0.4) is 0 Å². The smallest absolute Gasteiger partial charge is 0.166 e. The third-order valence-electron chi connectivity index (χ3n) is 11.1. The zero-order chi connectivity index (χ0) is 38.9. The molecule has 0 fully saturated rings. The zero-order valence-corrected chi connectivity index (χ0v) is 32.3. The Bertz CT molecular complexity index is 3480. The first-order chi connectivity index (χ1) is 29.2. The number of hydrogen-bond acceptors (Lipinski definition) is 6. The van der Waals surface area contributed by atoms with Crippen molar-refractivity contribution in [3.8, 4) is 61.5 Å². The number of hydrogen-bond donors (Lipinski definition) is 0. The van der Waals surface area contributed by atoms with Crippen LogP contribution >= 0.6 is 11.3 Å². The lowest BCUT2D eigenvalue weighted by Crippen LogP contribution is -2.04. The first-order valence-corrected chi connectivity index (χ1v) is 20.4. The Morgan fingerprint density at radius 1 is 0.390 bits per heavy atom. The van der Waals surface area contributed by atoms with Crippen LogP contribution in [0.15, 0.2) is 192 Å². The molecule has 0 atom stereocenters. The topological polar surface area (TPSA) is 69.6 Å². The predicted octanol–water partition coefficient (Wildman–Crippen LogP) is 13.8. The van der Waals surface area contributed by atoms with E-state index in [1.54, 1.807) is 11.3 Å². The van der Waals surface area contributed by atoms with Crippen LogP contribution in [0, 0.1) is 0 Å². The Kier molecular flexibility index (Phi) is 7.61. The largest absolute Gasteiger partial charge is 0.456 e. The van der Waals surface area contributed by atoms with E-state index in [2.05, 4.69) is 114 Å². The molecule has 0 aliphatic heterocycles. The van der Waals surface area contributed by atoms with Crippen molar-refractivity contribution in [2.24, 2.45) is 0 Å². The monoisotopic (exact) mass is 773 g/mol. The van der Waals surface area contributed by atoms with Crippen LogP contribution in [0.4, 0.5) is 0 Å². The van der Waals surface area contributed by atoms with E-state index in [0.717, 1.165) is 98.0 Å². The summed E-state index contributed by atoms with van der Waals surface area (Å²) in [5.74, 6) is 1.80. The van der Waals surface area contributed by atoms with Gasteiger partial charge in [0.15, 0.2) is 17.5 Å². The van der Waals surface area contributed by atoms with E-state index in [1.165, 1.54) is 0 Å². The summed E-state index contributed by atoms with van der Waals surface area (Å²) in [7, 11) is 0. The summed E-state index contributed by atoms with van der Waals surface area (Å²) in [4.78, 5) is 20.6. The van der Waals surface area contributed by atoms with Crippen molar-refractivity contribution in [2.45, 2.75) is 0 Å². The number of benzene rings is 8. The van der Waals surface area contributed by atoms with Gasteiger partial charge < -0.3 is 8.98 Å². The molecule has 0 unspecified atom stereocenters. The Labute approximate surface area is 342 Å². The molecule has 4 heterocycles. The highest BCUT2D eigenvalue weighted by Gasteiger charge is 2.22. The summed E-state index contributed by atoms with van der Waals surface area (Å²) in [6.07, 6.45) is 0. The van der Waals surface area contributed by atoms with E-state index in [4.69, 9.17) is 24.4 Å². The Hall–Kier alpha value is -7.74. The highest BCUT2D eigenvalue weighted by molar-refractivity contribution is 7.21. The van der Waals surface area contributed by atoms with Gasteiger partial charge in [-0.3, -0.25) is 0 Å². The summed E-state index contributed by atoms with van der Waals surface area (Å²) in [5.41, 5.74) is 11.8. The Balaban J connectivity index is 1.10. The second kappa shape index (κ2) is 13.4. The number of furan rings is 1. The van der Waals surface area contributed by atoms with Crippen molar-refractivity contribution in [2.75, 3.05) is 0 Å². The lowest BCUT2D eigenvalue weighted by molar-refractivity contribution is 0.669. The number of nitrogens with zero attached hydrogens (tertiary/aromatic N) is 5. The summed E-state index contributed by atoms with van der Waals surface area (Å²) in [5, 5.41) is 5.49. The molecule has 59 heavy (non-hydrogen) atoms. The highest BCUT2D eigenvalue weighted by Crippen LogP contribution is 2.41. The second-order valence-corrected chi connectivity index (χ2v) is 15.7. The third kappa shape index (κ3) is 5.62. The van der Waals surface area contributed by atoms with E-state index in [0.29, 0.717) is 17.5 Å². The molecule has 6 nitrogen and oxygen atoms in total. The number of rotatable bonds is 6. The van der Waals surface area contributed by atoms with E-state index >= 15 is 0 Å². The molecule has 4 aromatic heterocycles. The SMILES string of the molecule is c1ccc(-c2nc(-c3ccccc3)nc(-c3cc(-c4nc5ccccc5s4)ccc3-n3c4ccccc4c4cc(-c5ccc6c(c5)oc5ccccc56)ccc43)n2)cc1. The normalized spacial score (nSPS) is 11.7. The fraction of sp³-hybridized carbons (Fsp3) is 0. The van der Waals surface area contributed by atoms with Crippen molar-refractivity contribution >= 4 is 65.3 Å². The van der Waals surface area contributed by atoms with Gasteiger partial charge in [-0.1, -0.05) is 121 Å². The van der Waals surface area contributed by atoms with Crippen molar-refractivity contribution in [1.29, 1.82) is 0 Å². The predicted molar refractivity (Wildman–Crippen MR) is 242 cm³/mol. The average Bonchev–Trinajstić information content (AvgIpc) is 4.01. The van der Waals surface area contributed by atoms with Gasteiger partial charge in [-0.2, -0.15) is 0 Å². The molecule has 0 saturated carbocycles. The number of para-hydroxylation sites is 3. The second-order valence-electron chi connectivity index (χ2n) is 14.7. The fourth-order valence-electron chi connectivity index (χ4n) is 8.29. The molecule has 0 aliphatic carbocycles. The maximum atomic E-state index is 6.30. The molecule has 0 spiro atoms. The van der Waals surface area contributed by atoms with Crippen LogP contribution in [-0.4, -0.2) is 24.5 Å². The molecular formula is C52H31N5OS. The van der Waals surface area contributed by atoms with E-state index in [1.807, 2.05) is 78.9 Å². The molecule has 8 aromatic carbocycles. The number of thiazole rings is 1. The van der Waals surface area contributed by atoms with E-state index < -0.39 is 0 Å². The Morgan fingerprint density at radius 3 is 1.80 bits per heavy atom. The zero-order valence-electron chi connectivity index (χ0n) is 31.5. The lowest BCUT2D eigenvalue weighted by Gasteiger charge is -2.16. The van der Waals surface area contributed by atoms with Crippen molar-refractivity contribution in [3.05, 3.63) is 188 Å². The van der Waals surface area contributed by atoms with Gasteiger partial charge in [0, 0.05) is 43.8 Å². The van der Waals surface area contributed by atoms with Gasteiger partial charge in [-0.25, -0.2) is 19.9 Å². The van der Waals surface area contributed by atoms with E-state index in [9.17, 15) is 0 Å². The first kappa shape index (κ1) is 33.4. The van der Waals surface area contributed by atoms with Gasteiger partial charge >= 0.3 is 0 Å². The van der Waals surface area contributed by atoms with Crippen molar-refractivity contribution in [1.82, 2.24) is 24.5 Å². The molecule has 7 heteroatoms. The van der Waals surface area contributed by atoms with Gasteiger partial charge in [0.2, 0.25) is 0 Å². The molecule has 0 bridgehead atoms. The maximum Gasteiger partial charge on any atom is 0.166 e. The summed E-state index contributed by atoms with van der Waals surface area (Å²) < 4.78 is 9.79. The summed E-state index contributed by atoms with van der Waals surface area (Å²) in [6.45, 7) is 0. The first-order valence-electron chi connectivity index (χ1n) is 19.5. The van der Waals surface area contributed by atoms with Crippen LogP contribution in [0.5, 0.6) is 0 Å². The van der Waals surface area contributed by atoms with Crippen LogP contribution in [0.1, 0.15) is 0 Å². The molecule has 0 amide bonds. The number of fused-ring (bicyclic) bond motifs is 7. The van der Waals surface area contributed by atoms with Crippen LogP contribution in [-0.2, 0) is 0 Å². The van der Waals surface area contributed by atoms with Gasteiger partial charge in [-0.15, -0.1) is 11.3 Å². The standard InChI is InChI=1S/C52H31N5OS/c1-3-13-32(14-4-1)49-54-50(33-15-5-2-6-16-33)56-51(55-49)41-30-36(52-53-42-19-9-12-22-48(42)59-52)25-28-45(41)57-43-20-10-7-17-37(43)40-29-34(24-27-44(40)57)35-23-26-39-38-18-8-11-21-46(38)58-47(39)31-35/h1-31H. The van der Waals surface area contributed by atoms with Crippen LogP contribution < -0.4 is 0 Å². The third-order valence-corrected chi connectivity index (χ3v) is 12.2. The van der Waals surface area contributed by atoms with Crippen molar-refractivity contribution in [3.63, 3.8) is 0 Å². The van der Waals surface area contributed by atoms with Gasteiger partial charge in [0.05, 0.1) is 26.9 Å². The van der Waals surface area contributed by atoms with E-state index in [-0.39, 0.29) is 0 Å². The quantitative estimate of drug-likeness (QED) is 0.168. The molecule has 12 aromatic rings. The van der Waals surface area contributed by atoms with Gasteiger partial charge in [-0.05, 0) is 77.9 Å².